The Hall–Kier alpha value is -11.7. The van der Waals surface area contributed by atoms with Crippen LogP contribution in [0, 0.1) is 26.6 Å². The van der Waals surface area contributed by atoms with E-state index < -0.39 is 22.9 Å². The fourth-order valence-corrected chi connectivity index (χ4v) is 19.2. The minimum absolute atomic E-state index is 0.0102. The van der Waals surface area contributed by atoms with Gasteiger partial charge in [0.15, 0.2) is 16.9 Å². The Labute approximate surface area is 742 Å². The number of benzene rings is 2. The highest BCUT2D eigenvalue weighted by atomic mass is 35.5. The van der Waals surface area contributed by atoms with Crippen LogP contribution in [0.15, 0.2) is 150 Å². The molecule has 2 bridgehead atoms. The molecule has 0 spiro atoms. The first-order chi connectivity index (χ1) is 59.6. The molecule has 0 radical (unpaired) electrons. The van der Waals surface area contributed by atoms with Crippen LogP contribution in [-0.4, -0.2) is 184 Å². The standard InChI is InChI=1S/C32H42ClN7O2.C32H36ClN7O2.C31H30ClFN6O2/c1-9-25(41)37-17-22(6)38(18-21(37)5)28-23-16-24(33)30(39-15-11-10-13-32(39,7)8)35-29(23)40(31(42)36-28)27-20(4)12-14-34-26(27)19(2)3;1-8-25-29(27(18(3)4)35-17-34-25)40-31-23(14-24(33)28(36-31)22-13-11-10-12-19(22)5)30(37-32(40)42)39-16-20(6)38(15-21(39)7)26(41)9-2;1-5-25(40)38-19-10-11-20(38)16-37(15-19)29-22-14-23(32)27(21-8-6-7-9-24(21)33)35-30(22)39(31(41)36-29)28-18(4)12-13-34-26(28)17(2)3/h9,12,14,16,19,21-22H,1,10-11,13,15,17-18H2,2-8H3;9-14,17-18,20-21H,2,8,15-16H2,1,3-7H3;5-9,12-14,17,19-20H,1,10-11,15-16H2,2-4H3. The lowest BCUT2D eigenvalue weighted by molar-refractivity contribution is -0.129. The molecule has 0 N–H and O–H groups in total. The Morgan fingerprint density at radius 1 is 0.504 bits per heavy atom. The molecule has 652 valence electrons. The molecule has 0 aliphatic carbocycles. The molecule has 5 aliphatic heterocycles. The lowest BCUT2D eigenvalue weighted by atomic mass is 9.90. The van der Waals surface area contributed by atoms with Crippen LogP contribution in [0.25, 0.3) is 72.7 Å². The van der Waals surface area contributed by atoms with Crippen LogP contribution in [0.3, 0.4) is 0 Å². The second-order valence-electron chi connectivity index (χ2n) is 34.8. The topological polar surface area (TPSA) is 269 Å². The second-order valence-corrected chi connectivity index (χ2v) is 36.1. The summed E-state index contributed by atoms with van der Waals surface area (Å²) in [6, 6.07) is 22.9. The number of carbonyl (C=O) groups excluding carboxylic acids is 3. The molecule has 3 amide bonds. The average Bonchev–Trinajstić information content (AvgIpc) is 0.904. The first kappa shape index (κ1) is 89.6. The van der Waals surface area contributed by atoms with Crippen LogP contribution < -0.4 is 36.7 Å². The SMILES string of the molecule is C=CC(=O)N1C2CCC1CN(c1nc(=O)n(-c3c(C)ccnc3C(C)C)c3nc(-c4ccccc4F)c(Cl)cc13)C2.C=CC(=O)N1CC(C)N(c2nc(=O)n(-c3c(C)ccnc3C(C)C)c3nc(N4CCCCC4(C)C)c(Cl)cc23)CC1C.C=CC(=O)N1CC(C)N(c2nc(=O)n(-c3c(CC)ncnc3C(C)C)c3nc(-c4ccccc4C)c(Cl)cc23)CC1C. The maximum absolute atomic E-state index is 14.9. The number of fused-ring (bicyclic) bond motifs is 5. The fraction of sp³-hybridized carbons (Fsp3) is 0.411. The van der Waals surface area contributed by atoms with Crippen LogP contribution in [0.5, 0.6) is 0 Å². The van der Waals surface area contributed by atoms with E-state index in [-0.39, 0.29) is 93.5 Å². The number of pyridine rings is 5. The normalized spacial score (nSPS) is 18.8. The first-order valence-electron chi connectivity index (χ1n) is 42.9. The molecule has 6 atom stereocenters. The summed E-state index contributed by atoms with van der Waals surface area (Å²) in [5, 5.41) is 3.12. The molecule has 5 aliphatic rings. The van der Waals surface area contributed by atoms with Gasteiger partial charge in [-0.25, -0.2) is 57.4 Å². The number of hydrogen-bond acceptors (Lipinski definition) is 20. The van der Waals surface area contributed by atoms with E-state index in [0.717, 1.165) is 83.7 Å². The molecule has 16 rings (SSSR count). The third kappa shape index (κ3) is 17.0. The summed E-state index contributed by atoms with van der Waals surface area (Å²) < 4.78 is 19.6. The molecule has 14 heterocycles. The molecule has 26 nitrogen and oxygen atoms in total. The summed E-state index contributed by atoms with van der Waals surface area (Å²) in [5.41, 5.74) is 9.35. The van der Waals surface area contributed by atoms with E-state index in [1.165, 1.54) is 28.9 Å². The third-order valence-electron chi connectivity index (χ3n) is 24.8. The van der Waals surface area contributed by atoms with Crippen molar-refractivity contribution in [2.24, 2.45) is 0 Å². The van der Waals surface area contributed by atoms with Crippen LogP contribution in [0.4, 0.5) is 27.7 Å². The number of rotatable bonds is 16. The number of piperazine rings is 3. The molecule has 2 aromatic carbocycles. The smallest absolute Gasteiger partial charge is 0.352 e. The lowest BCUT2D eigenvalue weighted by Gasteiger charge is -2.45. The van der Waals surface area contributed by atoms with Crippen LogP contribution in [0.2, 0.25) is 15.1 Å². The highest BCUT2D eigenvalue weighted by Crippen LogP contribution is 2.44. The van der Waals surface area contributed by atoms with E-state index in [0.29, 0.717) is 135 Å². The summed E-state index contributed by atoms with van der Waals surface area (Å²) in [4.78, 5) is 141. The highest BCUT2D eigenvalue weighted by Gasteiger charge is 2.44. The predicted molar refractivity (Wildman–Crippen MR) is 496 cm³/mol. The molecule has 6 unspecified atom stereocenters. The van der Waals surface area contributed by atoms with Gasteiger partial charge < -0.3 is 34.3 Å². The number of halogens is 4. The number of amides is 3. The molecule has 11 aromatic rings. The van der Waals surface area contributed by atoms with Gasteiger partial charge in [-0.05, 0) is 196 Å². The number of piperidine rings is 1. The molecule has 30 heteroatoms. The Morgan fingerprint density at radius 2 is 0.944 bits per heavy atom. The van der Waals surface area contributed by atoms with Crippen molar-refractivity contribution in [2.45, 2.75) is 209 Å². The largest absolute Gasteiger partial charge is 0.355 e. The van der Waals surface area contributed by atoms with Gasteiger partial charge in [-0.3, -0.25) is 24.4 Å². The van der Waals surface area contributed by atoms with Crippen molar-refractivity contribution in [1.82, 2.24) is 78.2 Å². The van der Waals surface area contributed by atoms with Gasteiger partial charge in [0, 0.05) is 111 Å². The van der Waals surface area contributed by atoms with Crippen molar-refractivity contribution >= 4 is 109 Å². The highest BCUT2D eigenvalue weighted by molar-refractivity contribution is 6.35. The van der Waals surface area contributed by atoms with Gasteiger partial charge in [0.1, 0.15) is 35.4 Å². The van der Waals surface area contributed by atoms with Gasteiger partial charge in [-0.15, -0.1) is 0 Å². The van der Waals surface area contributed by atoms with E-state index in [9.17, 15) is 33.2 Å². The zero-order chi connectivity index (χ0) is 89.8. The maximum Gasteiger partial charge on any atom is 0.355 e. The molecular weight excluding hydrogens is 1640 g/mol. The van der Waals surface area contributed by atoms with Crippen LogP contribution in [0.1, 0.15) is 179 Å². The summed E-state index contributed by atoms with van der Waals surface area (Å²) in [7, 11) is 0. The molecule has 125 heavy (non-hydrogen) atoms. The zero-order valence-corrected chi connectivity index (χ0v) is 76.2. The minimum Gasteiger partial charge on any atom is -0.352 e. The van der Waals surface area contributed by atoms with E-state index in [2.05, 4.69) is 92.0 Å². The van der Waals surface area contributed by atoms with Gasteiger partial charge >= 0.3 is 17.1 Å². The molecule has 5 saturated heterocycles. The molecule has 5 fully saturated rings. The Bertz CT molecular complexity index is 6290. The lowest BCUT2D eigenvalue weighted by Crippen LogP contribution is -2.58. The third-order valence-corrected chi connectivity index (χ3v) is 25.7. The molecular formula is C95H108Cl3FN20O6. The van der Waals surface area contributed by atoms with Gasteiger partial charge in [0.2, 0.25) is 17.7 Å². The number of aromatic nitrogens is 13. The summed E-state index contributed by atoms with van der Waals surface area (Å²) >= 11 is 20.8. The van der Waals surface area contributed by atoms with Crippen LogP contribution in [-0.2, 0) is 20.8 Å². The Kier molecular flexibility index (Phi) is 26.2. The van der Waals surface area contributed by atoms with Crippen LogP contribution >= 0.6 is 34.8 Å². The first-order valence-corrected chi connectivity index (χ1v) is 44.1. The van der Waals surface area contributed by atoms with Crippen molar-refractivity contribution in [2.75, 3.05) is 65.4 Å². The maximum atomic E-state index is 14.9. The van der Waals surface area contributed by atoms with E-state index in [4.69, 9.17) is 54.7 Å². The number of nitrogens with zero attached hydrogens (tertiary/aromatic N) is 20. The number of carbonyl (C=O) groups is 3. The van der Waals surface area contributed by atoms with Crippen molar-refractivity contribution in [3.05, 3.63) is 227 Å². The monoisotopic (exact) mass is 1750 g/mol. The van der Waals surface area contributed by atoms with Crippen molar-refractivity contribution in [3.63, 3.8) is 0 Å². The van der Waals surface area contributed by atoms with E-state index in [1.807, 2.05) is 146 Å². The van der Waals surface area contributed by atoms with Crippen molar-refractivity contribution < 1.29 is 18.8 Å². The van der Waals surface area contributed by atoms with Gasteiger partial charge in [-0.2, -0.15) is 15.0 Å². The van der Waals surface area contributed by atoms with E-state index >= 15 is 0 Å². The number of hydrogen-bond donors (Lipinski definition) is 0. The second kappa shape index (κ2) is 36.5. The Balaban J connectivity index is 0.000000152. The Morgan fingerprint density at radius 3 is 1.42 bits per heavy atom. The number of aryl methyl sites for hydroxylation is 4. The summed E-state index contributed by atoms with van der Waals surface area (Å²) in [6.07, 6.45) is 14.6. The number of anilines is 4. The summed E-state index contributed by atoms with van der Waals surface area (Å²) in [6.45, 7) is 47.4. The van der Waals surface area contributed by atoms with Gasteiger partial charge in [0.05, 0.1) is 82.5 Å². The molecule has 0 saturated carbocycles. The van der Waals surface area contributed by atoms with Gasteiger partial charge in [-0.1, -0.05) is 139 Å². The quantitative estimate of drug-likeness (QED) is 0.0813. The summed E-state index contributed by atoms with van der Waals surface area (Å²) in [5.74, 6) is 1.48. The predicted octanol–water partition coefficient (Wildman–Crippen LogP) is 16.6. The van der Waals surface area contributed by atoms with Gasteiger partial charge in [0.25, 0.3) is 0 Å². The molecule has 9 aromatic heterocycles. The minimum atomic E-state index is -0.517. The van der Waals surface area contributed by atoms with E-state index in [1.54, 1.807) is 57.0 Å². The van der Waals surface area contributed by atoms with Crippen molar-refractivity contribution in [3.8, 4) is 39.6 Å². The van der Waals surface area contributed by atoms with Crippen molar-refractivity contribution in [1.29, 1.82) is 0 Å². The average molecular weight is 1750 g/mol. The fourth-order valence-electron chi connectivity index (χ4n) is 18.5. The zero-order valence-electron chi connectivity index (χ0n) is 73.9.